The predicted octanol–water partition coefficient (Wildman–Crippen LogP) is 1.37. The Hall–Kier alpha value is -1.07. The highest BCUT2D eigenvalue weighted by Gasteiger charge is 2.35. The van der Waals surface area contributed by atoms with Gasteiger partial charge < -0.3 is 11.1 Å². The maximum Gasteiger partial charge on any atom is 0.416 e. The van der Waals surface area contributed by atoms with Crippen molar-refractivity contribution < 1.29 is 24.2 Å². The molecule has 0 saturated carbocycles. The summed E-state index contributed by atoms with van der Waals surface area (Å²) < 4.78 is 37.8. The van der Waals surface area contributed by atoms with Gasteiger partial charge in [-0.3, -0.25) is 0 Å². The van der Waals surface area contributed by atoms with Crippen molar-refractivity contribution in [1.29, 1.82) is 0 Å². The molecule has 0 radical (unpaired) electrons. The lowest BCUT2D eigenvalue weighted by atomic mass is 9.91. The molecule has 0 aliphatic carbocycles. The van der Waals surface area contributed by atoms with Crippen molar-refractivity contribution in [3.8, 4) is 0 Å². The van der Waals surface area contributed by atoms with Crippen molar-refractivity contribution in [2.75, 3.05) is 0 Å². The fourth-order valence-corrected chi connectivity index (χ4v) is 2.36. The van der Waals surface area contributed by atoms with E-state index in [4.69, 9.17) is 0 Å². The van der Waals surface area contributed by atoms with E-state index in [9.17, 15) is 13.2 Å². The molecule has 1 aliphatic rings. The van der Waals surface area contributed by atoms with Gasteiger partial charge in [0.15, 0.2) is 0 Å². The standard InChI is InChI=1S/C12H15F3N2/c1-2-8-6-10(16)9-5-7(12(13,14)15)3-4-11(9)17-8/h3-5,8,10,17H,2,6,16H2,1H3/p+2/t8-,10+/m1/s1. The molecule has 2 rings (SSSR count). The zero-order valence-electron chi connectivity index (χ0n) is 9.72. The molecule has 0 fully saturated rings. The van der Waals surface area contributed by atoms with Crippen molar-refractivity contribution in [3.63, 3.8) is 0 Å². The minimum atomic E-state index is -4.27. The first kappa shape index (κ1) is 12.4. The van der Waals surface area contributed by atoms with Crippen molar-refractivity contribution in [2.45, 2.75) is 38.0 Å². The monoisotopic (exact) mass is 246 g/mol. The summed E-state index contributed by atoms with van der Waals surface area (Å²) in [6, 6.07) is 4.36. The highest BCUT2D eigenvalue weighted by molar-refractivity contribution is 5.45. The van der Waals surface area contributed by atoms with Crippen LogP contribution >= 0.6 is 0 Å². The third-order valence-electron chi connectivity index (χ3n) is 3.38. The molecule has 1 aromatic rings. The minimum absolute atomic E-state index is 0.0396. The van der Waals surface area contributed by atoms with E-state index < -0.39 is 11.7 Å². The molecule has 94 valence electrons. The molecular formula is C12H17F3N2+2. The quantitative estimate of drug-likeness (QED) is 0.703. The summed E-state index contributed by atoms with van der Waals surface area (Å²) in [4.78, 5) is 0. The van der Waals surface area contributed by atoms with Crippen LogP contribution in [0, 0.1) is 0 Å². The highest BCUT2D eigenvalue weighted by atomic mass is 19.4. The summed E-state index contributed by atoms with van der Waals surface area (Å²) in [7, 11) is 0. The maximum absolute atomic E-state index is 12.6. The van der Waals surface area contributed by atoms with E-state index in [1.54, 1.807) is 6.07 Å². The number of hydrogen-bond donors (Lipinski definition) is 2. The summed E-state index contributed by atoms with van der Waals surface area (Å²) in [6.07, 6.45) is -2.42. The molecular weight excluding hydrogens is 229 g/mol. The molecule has 1 aliphatic heterocycles. The Kier molecular flexibility index (Phi) is 3.14. The number of fused-ring (bicyclic) bond motifs is 1. The average Bonchev–Trinajstić information content (AvgIpc) is 2.27. The van der Waals surface area contributed by atoms with Crippen LogP contribution in [0.3, 0.4) is 0 Å². The van der Waals surface area contributed by atoms with Crippen LogP contribution in [0.15, 0.2) is 18.2 Å². The molecule has 0 saturated heterocycles. The van der Waals surface area contributed by atoms with Crippen molar-refractivity contribution in [3.05, 3.63) is 29.3 Å². The van der Waals surface area contributed by atoms with Gasteiger partial charge in [0.2, 0.25) is 0 Å². The molecule has 1 heterocycles. The Labute approximate surface area is 98.0 Å². The van der Waals surface area contributed by atoms with Gasteiger partial charge in [-0.05, 0) is 18.6 Å². The predicted molar refractivity (Wildman–Crippen MR) is 57.4 cm³/mol. The summed E-state index contributed by atoms with van der Waals surface area (Å²) in [6.45, 7) is 2.09. The van der Waals surface area contributed by atoms with E-state index in [0.717, 1.165) is 30.2 Å². The van der Waals surface area contributed by atoms with Crippen LogP contribution in [0.25, 0.3) is 0 Å². The van der Waals surface area contributed by atoms with Crippen LogP contribution < -0.4 is 11.1 Å². The first-order valence-corrected chi connectivity index (χ1v) is 5.81. The lowest BCUT2D eigenvalue weighted by Crippen LogP contribution is -2.87. The third-order valence-corrected chi connectivity index (χ3v) is 3.38. The van der Waals surface area contributed by atoms with Gasteiger partial charge in [-0.25, -0.2) is 0 Å². The van der Waals surface area contributed by atoms with Crippen LogP contribution in [-0.4, -0.2) is 6.04 Å². The molecule has 2 nitrogen and oxygen atoms in total. The summed E-state index contributed by atoms with van der Waals surface area (Å²) in [5.41, 5.74) is 5.04. The first-order chi connectivity index (χ1) is 7.91. The molecule has 5 heteroatoms. The number of benzene rings is 1. The summed E-state index contributed by atoms with van der Waals surface area (Å²) in [5, 5.41) is 2.07. The van der Waals surface area contributed by atoms with E-state index in [2.05, 4.69) is 18.0 Å². The minimum Gasteiger partial charge on any atom is -0.351 e. The van der Waals surface area contributed by atoms with Gasteiger partial charge in [0.05, 0.1) is 23.6 Å². The van der Waals surface area contributed by atoms with Crippen LogP contribution in [0.1, 0.15) is 36.9 Å². The SMILES string of the molecule is CC[C@@H]1C[C@H]([NH3+])c2cc(C(F)(F)F)ccc2[NH2+]1. The van der Waals surface area contributed by atoms with Gasteiger partial charge >= 0.3 is 6.18 Å². The Morgan fingerprint density at radius 3 is 2.71 bits per heavy atom. The fourth-order valence-electron chi connectivity index (χ4n) is 2.36. The van der Waals surface area contributed by atoms with Crippen LogP contribution in [0.4, 0.5) is 18.9 Å². The molecule has 0 spiro atoms. The molecule has 1 aromatic carbocycles. The van der Waals surface area contributed by atoms with Gasteiger partial charge in [-0.2, -0.15) is 13.2 Å². The van der Waals surface area contributed by atoms with Gasteiger partial charge in [-0.15, -0.1) is 0 Å². The third kappa shape index (κ3) is 2.45. The Bertz CT molecular complexity index is 415. The Morgan fingerprint density at radius 1 is 1.41 bits per heavy atom. The van der Waals surface area contributed by atoms with E-state index in [0.29, 0.717) is 6.04 Å². The number of halogens is 3. The van der Waals surface area contributed by atoms with Crippen LogP contribution in [0.5, 0.6) is 0 Å². The zero-order valence-corrected chi connectivity index (χ0v) is 9.72. The molecule has 2 atom stereocenters. The van der Waals surface area contributed by atoms with Gasteiger partial charge in [-0.1, -0.05) is 6.92 Å². The molecule has 0 aromatic heterocycles. The smallest absolute Gasteiger partial charge is 0.351 e. The number of nitrogens with two attached hydrogens (primary N) is 1. The normalized spacial score (nSPS) is 24.5. The molecule has 17 heavy (non-hydrogen) atoms. The lowest BCUT2D eigenvalue weighted by Gasteiger charge is -2.25. The maximum atomic E-state index is 12.6. The van der Waals surface area contributed by atoms with Crippen molar-refractivity contribution in [2.24, 2.45) is 0 Å². The van der Waals surface area contributed by atoms with E-state index in [1.165, 1.54) is 6.07 Å². The van der Waals surface area contributed by atoms with Crippen molar-refractivity contribution >= 4 is 5.69 Å². The highest BCUT2D eigenvalue weighted by Crippen LogP contribution is 2.33. The Balaban J connectivity index is 2.37. The second kappa shape index (κ2) is 4.31. The number of hydrogen-bond acceptors (Lipinski definition) is 0. The zero-order chi connectivity index (χ0) is 12.6. The van der Waals surface area contributed by atoms with Gasteiger partial charge in [0.25, 0.3) is 0 Å². The number of rotatable bonds is 1. The molecule has 0 bridgehead atoms. The average molecular weight is 246 g/mol. The largest absolute Gasteiger partial charge is 0.416 e. The van der Waals surface area contributed by atoms with Crippen molar-refractivity contribution in [1.82, 2.24) is 0 Å². The topological polar surface area (TPSA) is 44.2 Å². The molecule has 0 amide bonds. The van der Waals surface area contributed by atoms with E-state index in [-0.39, 0.29) is 6.04 Å². The molecule has 5 N–H and O–H groups in total. The summed E-state index contributed by atoms with van der Waals surface area (Å²) >= 11 is 0. The van der Waals surface area contributed by atoms with Crippen LogP contribution in [0.2, 0.25) is 0 Å². The Morgan fingerprint density at radius 2 is 2.12 bits per heavy atom. The second-order valence-electron chi connectivity index (χ2n) is 4.61. The summed E-state index contributed by atoms with van der Waals surface area (Å²) in [5.74, 6) is 0. The van der Waals surface area contributed by atoms with Crippen LogP contribution in [-0.2, 0) is 6.18 Å². The van der Waals surface area contributed by atoms with E-state index in [1.807, 2.05) is 0 Å². The number of alkyl halides is 3. The van der Waals surface area contributed by atoms with Gasteiger partial charge in [0.1, 0.15) is 11.7 Å². The second-order valence-corrected chi connectivity index (χ2v) is 4.61. The van der Waals surface area contributed by atoms with Gasteiger partial charge in [0, 0.05) is 6.07 Å². The lowest BCUT2D eigenvalue weighted by molar-refractivity contribution is -0.629. The fraction of sp³-hybridized carbons (Fsp3) is 0.500. The van der Waals surface area contributed by atoms with E-state index >= 15 is 0 Å². The number of quaternary nitrogens is 2. The first-order valence-electron chi connectivity index (χ1n) is 5.81. The molecule has 0 unspecified atom stereocenters.